The summed E-state index contributed by atoms with van der Waals surface area (Å²) in [6, 6.07) is 5.58. The maximum Gasteiger partial charge on any atom is 0.124 e. The molecule has 0 N–H and O–H groups in total. The van der Waals surface area contributed by atoms with Crippen LogP contribution in [0.4, 0.5) is 0 Å². The van der Waals surface area contributed by atoms with E-state index >= 15 is 0 Å². The van der Waals surface area contributed by atoms with E-state index in [4.69, 9.17) is 16.3 Å². The second-order valence-corrected chi connectivity index (χ2v) is 3.98. The standard InChI is InChI=1S/C10H8ClNOS/c1-13-7-2-3-8(9(11)6-7)10-12-4-5-14-10/h2-6H,1H3. The number of halogens is 1. The largest absolute Gasteiger partial charge is 0.497 e. The van der Waals surface area contributed by atoms with Crippen LogP contribution < -0.4 is 4.74 Å². The fourth-order valence-corrected chi connectivity index (χ4v) is 2.15. The van der Waals surface area contributed by atoms with Gasteiger partial charge in [-0.1, -0.05) is 11.6 Å². The van der Waals surface area contributed by atoms with Crippen LogP contribution in [0.1, 0.15) is 0 Å². The van der Waals surface area contributed by atoms with Gasteiger partial charge in [0.05, 0.1) is 12.1 Å². The highest BCUT2D eigenvalue weighted by molar-refractivity contribution is 7.13. The van der Waals surface area contributed by atoms with Gasteiger partial charge in [-0.25, -0.2) is 4.98 Å². The lowest BCUT2D eigenvalue weighted by molar-refractivity contribution is 0.415. The third-order valence-corrected chi connectivity index (χ3v) is 2.96. The summed E-state index contributed by atoms with van der Waals surface area (Å²) in [6.45, 7) is 0. The van der Waals surface area contributed by atoms with Gasteiger partial charge in [-0.2, -0.15) is 0 Å². The molecule has 0 saturated carbocycles. The van der Waals surface area contributed by atoms with Crippen LogP contribution in [0.15, 0.2) is 29.8 Å². The zero-order chi connectivity index (χ0) is 9.97. The van der Waals surface area contributed by atoms with Crippen molar-refractivity contribution in [2.45, 2.75) is 0 Å². The topological polar surface area (TPSA) is 22.1 Å². The van der Waals surface area contributed by atoms with Gasteiger partial charge in [0.25, 0.3) is 0 Å². The molecular formula is C10H8ClNOS. The summed E-state index contributed by atoms with van der Waals surface area (Å²) < 4.78 is 5.07. The summed E-state index contributed by atoms with van der Waals surface area (Å²) >= 11 is 7.65. The zero-order valence-electron chi connectivity index (χ0n) is 7.53. The number of rotatable bonds is 2. The number of benzene rings is 1. The Morgan fingerprint density at radius 1 is 1.43 bits per heavy atom. The molecule has 2 rings (SSSR count). The van der Waals surface area contributed by atoms with Crippen LogP contribution in [-0.4, -0.2) is 12.1 Å². The second-order valence-electron chi connectivity index (χ2n) is 2.68. The first-order chi connectivity index (χ1) is 6.81. The van der Waals surface area contributed by atoms with Crippen LogP contribution in [0.25, 0.3) is 10.6 Å². The molecule has 1 aromatic heterocycles. The molecule has 0 bridgehead atoms. The van der Waals surface area contributed by atoms with Gasteiger partial charge in [-0.3, -0.25) is 0 Å². The van der Waals surface area contributed by atoms with Crippen molar-refractivity contribution in [1.82, 2.24) is 4.98 Å². The first-order valence-electron chi connectivity index (χ1n) is 4.04. The molecule has 4 heteroatoms. The predicted molar refractivity (Wildman–Crippen MR) is 59.1 cm³/mol. The van der Waals surface area contributed by atoms with Crippen LogP contribution in [0.2, 0.25) is 5.02 Å². The lowest BCUT2D eigenvalue weighted by atomic mass is 10.2. The quantitative estimate of drug-likeness (QED) is 0.781. The van der Waals surface area contributed by atoms with Gasteiger partial charge in [0.2, 0.25) is 0 Å². The number of nitrogens with zero attached hydrogens (tertiary/aromatic N) is 1. The first kappa shape index (κ1) is 9.49. The number of aromatic nitrogens is 1. The number of ether oxygens (including phenoxy) is 1. The molecular weight excluding hydrogens is 218 g/mol. The molecule has 72 valence electrons. The van der Waals surface area contributed by atoms with Crippen LogP contribution in [-0.2, 0) is 0 Å². The highest BCUT2D eigenvalue weighted by Gasteiger charge is 2.06. The highest BCUT2D eigenvalue weighted by atomic mass is 35.5. The van der Waals surface area contributed by atoms with Gasteiger partial charge in [-0.15, -0.1) is 11.3 Å². The first-order valence-corrected chi connectivity index (χ1v) is 5.30. The molecule has 1 aromatic carbocycles. The van der Waals surface area contributed by atoms with Crippen molar-refractivity contribution in [3.8, 4) is 16.3 Å². The van der Waals surface area contributed by atoms with Crippen molar-refractivity contribution in [2.24, 2.45) is 0 Å². The summed E-state index contributed by atoms with van der Waals surface area (Å²) in [4.78, 5) is 4.20. The van der Waals surface area contributed by atoms with Crippen molar-refractivity contribution in [3.05, 3.63) is 34.8 Å². The summed E-state index contributed by atoms with van der Waals surface area (Å²) in [5.41, 5.74) is 0.947. The van der Waals surface area contributed by atoms with E-state index in [0.717, 1.165) is 16.3 Å². The van der Waals surface area contributed by atoms with Crippen LogP contribution >= 0.6 is 22.9 Å². The molecule has 0 amide bonds. The molecule has 0 aliphatic heterocycles. The summed E-state index contributed by atoms with van der Waals surface area (Å²) in [6.07, 6.45) is 1.76. The Balaban J connectivity index is 2.46. The molecule has 0 aliphatic rings. The summed E-state index contributed by atoms with van der Waals surface area (Å²) in [7, 11) is 1.62. The van der Waals surface area contributed by atoms with E-state index < -0.39 is 0 Å². The Morgan fingerprint density at radius 2 is 2.29 bits per heavy atom. The normalized spacial score (nSPS) is 10.1. The molecule has 0 aliphatic carbocycles. The predicted octanol–water partition coefficient (Wildman–Crippen LogP) is 3.47. The van der Waals surface area contributed by atoms with Crippen molar-refractivity contribution >= 4 is 22.9 Å². The lowest BCUT2D eigenvalue weighted by Crippen LogP contribution is -1.83. The van der Waals surface area contributed by atoms with E-state index in [9.17, 15) is 0 Å². The summed E-state index contributed by atoms with van der Waals surface area (Å²) in [5.74, 6) is 0.760. The second kappa shape index (κ2) is 3.98. The van der Waals surface area contributed by atoms with Crippen molar-refractivity contribution in [1.29, 1.82) is 0 Å². The molecule has 2 aromatic rings. The van der Waals surface area contributed by atoms with E-state index in [1.807, 2.05) is 17.5 Å². The van der Waals surface area contributed by atoms with Gasteiger partial charge in [0.15, 0.2) is 0 Å². The van der Waals surface area contributed by atoms with Crippen molar-refractivity contribution in [3.63, 3.8) is 0 Å². The molecule has 0 fully saturated rings. The maximum atomic E-state index is 6.09. The van der Waals surface area contributed by atoms with E-state index in [1.54, 1.807) is 30.7 Å². The van der Waals surface area contributed by atoms with E-state index in [2.05, 4.69) is 4.98 Å². The number of hydrogen-bond acceptors (Lipinski definition) is 3. The maximum absolute atomic E-state index is 6.09. The minimum atomic E-state index is 0.666. The minimum Gasteiger partial charge on any atom is -0.497 e. The van der Waals surface area contributed by atoms with Crippen molar-refractivity contribution in [2.75, 3.05) is 7.11 Å². The zero-order valence-corrected chi connectivity index (χ0v) is 9.10. The molecule has 0 spiro atoms. The van der Waals surface area contributed by atoms with Gasteiger partial charge in [-0.05, 0) is 18.2 Å². The molecule has 0 radical (unpaired) electrons. The third-order valence-electron chi connectivity index (χ3n) is 1.84. The lowest BCUT2D eigenvalue weighted by Gasteiger charge is -2.03. The molecule has 1 heterocycles. The third kappa shape index (κ3) is 1.74. The van der Waals surface area contributed by atoms with Crippen LogP contribution in [0.5, 0.6) is 5.75 Å². The Hall–Kier alpha value is -1.06. The average molecular weight is 226 g/mol. The van der Waals surface area contributed by atoms with Crippen molar-refractivity contribution < 1.29 is 4.74 Å². The Bertz CT molecular complexity index is 428. The van der Waals surface area contributed by atoms with Crippen LogP contribution in [0.3, 0.4) is 0 Å². The van der Waals surface area contributed by atoms with Gasteiger partial charge in [0, 0.05) is 17.1 Å². The Kier molecular flexibility index (Phi) is 2.70. The van der Waals surface area contributed by atoms with Gasteiger partial charge < -0.3 is 4.74 Å². The Labute approximate surface area is 91.1 Å². The number of methoxy groups -OCH3 is 1. The number of hydrogen-bond donors (Lipinski definition) is 0. The highest BCUT2D eigenvalue weighted by Crippen LogP contribution is 2.31. The molecule has 14 heavy (non-hydrogen) atoms. The fraction of sp³-hybridized carbons (Fsp3) is 0.100. The molecule has 2 nitrogen and oxygen atoms in total. The van der Waals surface area contributed by atoms with Gasteiger partial charge >= 0.3 is 0 Å². The average Bonchev–Trinajstić information content (AvgIpc) is 2.70. The molecule has 0 saturated heterocycles. The summed E-state index contributed by atoms with van der Waals surface area (Å²) in [5, 5.41) is 3.52. The fourth-order valence-electron chi connectivity index (χ4n) is 1.15. The minimum absolute atomic E-state index is 0.666. The molecule has 0 unspecified atom stereocenters. The van der Waals surface area contributed by atoms with E-state index in [0.29, 0.717) is 5.02 Å². The Morgan fingerprint density at radius 3 is 2.86 bits per heavy atom. The smallest absolute Gasteiger partial charge is 0.124 e. The monoisotopic (exact) mass is 225 g/mol. The van der Waals surface area contributed by atoms with E-state index in [-0.39, 0.29) is 0 Å². The van der Waals surface area contributed by atoms with Crippen LogP contribution in [0, 0.1) is 0 Å². The number of thiazole rings is 1. The van der Waals surface area contributed by atoms with E-state index in [1.165, 1.54) is 0 Å². The van der Waals surface area contributed by atoms with Gasteiger partial charge in [0.1, 0.15) is 10.8 Å². The SMILES string of the molecule is COc1ccc(-c2nccs2)c(Cl)c1. The molecule has 0 atom stereocenters.